The number of pyridine rings is 1. The molecule has 0 aromatic carbocycles. The summed E-state index contributed by atoms with van der Waals surface area (Å²) in [7, 11) is 0. The number of nitrogens with zero attached hydrogens (tertiary/aromatic N) is 1. The maximum Gasteiger partial charge on any atom is 0.337 e. The van der Waals surface area contributed by atoms with Crippen LogP contribution in [-0.4, -0.2) is 33.0 Å². The summed E-state index contributed by atoms with van der Waals surface area (Å²) in [5, 5.41) is 12.6. The molecule has 7 nitrogen and oxygen atoms in total. The fraction of sp³-hybridized carbons (Fsp3) is 0.550. The van der Waals surface area contributed by atoms with Crippen molar-refractivity contribution in [2.45, 2.75) is 65.0 Å². The number of hydrogen-bond donors (Lipinski definition) is 4. The van der Waals surface area contributed by atoms with Crippen molar-refractivity contribution >= 4 is 22.9 Å². The number of aromatic carboxylic acids is 1. The quantitative estimate of drug-likeness (QED) is 0.619. The van der Waals surface area contributed by atoms with E-state index in [2.05, 4.69) is 29.1 Å². The number of rotatable bonds is 6. The fourth-order valence-corrected chi connectivity index (χ4v) is 3.28. The predicted molar refractivity (Wildman–Crippen MR) is 105 cm³/mol. The van der Waals surface area contributed by atoms with E-state index in [-0.39, 0.29) is 11.5 Å². The normalized spacial score (nSPS) is 15.2. The summed E-state index contributed by atoms with van der Waals surface area (Å²) in [6.07, 6.45) is 9.78. The van der Waals surface area contributed by atoms with Gasteiger partial charge < -0.3 is 21.1 Å². The minimum absolute atomic E-state index is 0.216. The fourth-order valence-electron chi connectivity index (χ4n) is 3.28. The van der Waals surface area contributed by atoms with E-state index in [0.717, 1.165) is 12.0 Å². The van der Waals surface area contributed by atoms with E-state index < -0.39 is 5.97 Å². The van der Waals surface area contributed by atoms with E-state index >= 15 is 0 Å². The number of fused-ring (bicyclic) bond motifs is 1. The van der Waals surface area contributed by atoms with Gasteiger partial charge in [-0.15, -0.1) is 0 Å². The lowest BCUT2D eigenvalue weighted by Crippen LogP contribution is -2.33. The highest BCUT2D eigenvalue weighted by Gasteiger charge is 2.17. The van der Waals surface area contributed by atoms with Crippen LogP contribution in [0.15, 0.2) is 18.5 Å². The Labute approximate surface area is 159 Å². The Bertz CT molecular complexity index is 766. The van der Waals surface area contributed by atoms with E-state index in [1.54, 1.807) is 12.3 Å². The van der Waals surface area contributed by atoms with Crippen molar-refractivity contribution in [3.8, 4) is 0 Å². The first kappa shape index (κ1) is 20.9. The summed E-state index contributed by atoms with van der Waals surface area (Å²) in [6, 6.07) is 2.21. The van der Waals surface area contributed by atoms with Gasteiger partial charge in [0.2, 0.25) is 5.91 Å². The van der Waals surface area contributed by atoms with E-state index in [0.29, 0.717) is 36.0 Å². The van der Waals surface area contributed by atoms with Gasteiger partial charge in [-0.25, -0.2) is 9.78 Å². The van der Waals surface area contributed by atoms with Gasteiger partial charge in [0, 0.05) is 36.8 Å². The molecule has 2 heterocycles. The maximum atomic E-state index is 11.5. The van der Waals surface area contributed by atoms with Crippen molar-refractivity contribution in [3.05, 3.63) is 29.6 Å². The zero-order chi connectivity index (χ0) is 19.8. The van der Waals surface area contributed by atoms with Gasteiger partial charge in [-0.1, -0.05) is 33.1 Å². The van der Waals surface area contributed by atoms with Gasteiger partial charge in [-0.3, -0.25) is 4.79 Å². The third kappa shape index (κ3) is 5.79. The molecule has 1 amide bonds. The van der Waals surface area contributed by atoms with E-state index in [4.69, 9.17) is 10.8 Å². The Hall–Kier alpha value is -2.41. The van der Waals surface area contributed by atoms with Gasteiger partial charge in [-0.05, 0) is 30.4 Å². The highest BCUT2D eigenvalue weighted by Crippen LogP contribution is 2.20. The Morgan fingerprint density at radius 1 is 1.41 bits per heavy atom. The third-order valence-corrected chi connectivity index (χ3v) is 5.06. The van der Waals surface area contributed by atoms with Crippen LogP contribution in [0.4, 0.5) is 0 Å². The van der Waals surface area contributed by atoms with Crippen molar-refractivity contribution in [2.75, 3.05) is 0 Å². The number of H-pyrrole nitrogens is 1. The van der Waals surface area contributed by atoms with Gasteiger partial charge in [0.05, 0.1) is 5.56 Å². The maximum absolute atomic E-state index is 11.5. The minimum Gasteiger partial charge on any atom is -0.478 e. The van der Waals surface area contributed by atoms with Crippen LogP contribution in [0.3, 0.4) is 0 Å². The summed E-state index contributed by atoms with van der Waals surface area (Å²) >= 11 is 0. The molecule has 5 N–H and O–H groups in total. The molecular formula is C20H30N4O3. The molecule has 1 saturated carbocycles. The molecule has 0 radical (unpaired) electrons. The lowest BCUT2D eigenvalue weighted by atomic mass is 10.0. The van der Waals surface area contributed by atoms with Gasteiger partial charge in [0.1, 0.15) is 5.65 Å². The summed E-state index contributed by atoms with van der Waals surface area (Å²) in [6.45, 7) is 4.57. The molecule has 1 aliphatic rings. The second-order valence-corrected chi connectivity index (χ2v) is 7.17. The van der Waals surface area contributed by atoms with Crippen LogP contribution in [-0.2, 0) is 11.3 Å². The molecule has 0 unspecified atom stereocenters. The summed E-state index contributed by atoms with van der Waals surface area (Å²) in [5.41, 5.74) is 7.07. The van der Waals surface area contributed by atoms with Crippen molar-refractivity contribution in [3.63, 3.8) is 0 Å². The van der Waals surface area contributed by atoms with Crippen LogP contribution in [0.5, 0.6) is 0 Å². The van der Waals surface area contributed by atoms with Crippen LogP contribution in [0.1, 0.15) is 68.3 Å². The van der Waals surface area contributed by atoms with E-state index in [1.165, 1.54) is 31.9 Å². The zero-order valence-corrected chi connectivity index (χ0v) is 16.1. The summed E-state index contributed by atoms with van der Waals surface area (Å²) in [5.74, 6) is -0.193. The topological polar surface area (TPSA) is 121 Å². The zero-order valence-electron chi connectivity index (χ0n) is 16.1. The second kappa shape index (κ2) is 10.1. The average molecular weight is 374 g/mol. The number of aromatic amines is 1. The molecule has 7 heteroatoms. The Morgan fingerprint density at radius 2 is 2.11 bits per heavy atom. The molecule has 27 heavy (non-hydrogen) atoms. The average Bonchev–Trinajstić information content (AvgIpc) is 3.31. The lowest BCUT2D eigenvalue weighted by molar-refractivity contribution is -0.122. The highest BCUT2D eigenvalue weighted by molar-refractivity contribution is 6.03. The molecule has 1 fully saturated rings. The minimum atomic E-state index is -0.973. The van der Waals surface area contributed by atoms with Crippen LogP contribution in [0.2, 0.25) is 0 Å². The van der Waals surface area contributed by atoms with Gasteiger partial charge >= 0.3 is 5.97 Å². The smallest absolute Gasteiger partial charge is 0.337 e. The van der Waals surface area contributed by atoms with Crippen molar-refractivity contribution < 1.29 is 14.7 Å². The molecule has 2 aromatic rings. The number of carboxylic acids is 1. The molecule has 2 aromatic heterocycles. The molecule has 148 valence electrons. The number of nitrogens with two attached hydrogens (primary N) is 1. The molecule has 0 spiro atoms. The number of amides is 1. The van der Waals surface area contributed by atoms with Crippen LogP contribution < -0.4 is 11.1 Å². The van der Waals surface area contributed by atoms with Crippen LogP contribution >= 0.6 is 0 Å². The van der Waals surface area contributed by atoms with E-state index in [1.807, 2.05) is 0 Å². The van der Waals surface area contributed by atoms with Crippen LogP contribution in [0, 0.1) is 5.92 Å². The molecule has 1 atom stereocenters. The number of carbonyl (C=O) groups is 2. The second-order valence-electron chi connectivity index (χ2n) is 7.17. The first-order valence-corrected chi connectivity index (χ1v) is 9.63. The standard InChI is InChI=1S/C11H21NO.C9H9N3O2/c1-3-9(2)8-11(13)12-10-6-4-5-7-10;10-3-5-1-2-11-8-7(5)6(4-12-8)9(13)14/h9-10H,3-8H2,1-2H3,(H,12,13);1-2,4H,3,10H2,(H,11,12)(H,13,14)/t9-;/m0./s1. The van der Waals surface area contributed by atoms with Crippen molar-refractivity contribution in [1.82, 2.24) is 15.3 Å². The van der Waals surface area contributed by atoms with Gasteiger partial charge in [-0.2, -0.15) is 0 Å². The number of hydrogen-bond acceptors (Lipinski definition) is 4. The first-order chi connectivity index (χ1) is 13.0. The third-order valence-electron chi connectivity index (χ3n) is 5.06. The number of carboxylic acid groups (broad SMARTS) is 1. The monoisotopic (exact) mass is 374 g/mol. The molecule has 1 aliphatic carbocycles. The Morgan fingerprint density at radius 3 is 2.70 bits per heavy atom. The predicted octanol–water partition coefficient (Wildman–Crippen LogP) is 3.20. The molecule has 0 aliphatic heterocycles. The first-order valence-electron chi connectivity index (χ1n) is 9.63. The summed E-state index contributed by atoms with van der Waals surface area (Å²) < 4.78 is 0. The largest absolute Gasteiger partial charge is 0.478 e. The highest BCUT2D eigenvalue weighted by atomic mass is 16.4. The van der Waals surface area contributed by atoms with Crippen molar-refractivity contribution in [1.29, 1.82) is 0 Å². The molecule has 0 saturated heterocycles. The van der Waals surface area contributed by atoms with Gasteiger partial charge in [0.15, 0.2) is 0 Å². The molecule has 3 rings (SSSR count). The van der Waals surface area contributed by atoms with E-state index in [9.17, 15) is 9.59 Å². The van der Waals surface area contributed by atoms with Gasteiger partial charge in [0.25, 0.3) is 0 Å². The van der Waals surface area contributed by atoms with Crippen LogP contribution in [0.25, 0.3) is 11.0 Å². The number of nitrogens with one attached hydrogen (secondary N) is 2. The number of carbonyl (C=O) groups excluding carboxylic acids is 1. The summed E-state index contributed by atoms with van der Waals surface area (Å²) in [4.78, 5) is 29.1. The Kier molecular flexibility index (Phi) is 7.79. The number of aromatic nitrogens is 2. The molecular weight excluding hydrogens is 344 g/mol. The van der Waals surface area contributed by atoms with Crippen molar-refractivity contribution in [2.24, 2.45) is 11.7 Å². The molecule has 0 bridgehead atoms. The lowest BCUT2D eigenvalue weighted by Gasteiger charge is -2.13. The Balaban J connectivity index is 0.000000194. The SMILES string of the molecule is CC[C@H](C)CC(=O)NC1CCCC1.NCc1ccnc2[nH]cc(C(=O)O)c12.